The summed E-state index contributed by atoms with van der Waals surface area (Å²) in [6.07, 6.45) is 13.1. The minimum Gasteiger partial charge on any atom is -0.339 e. The molecule has 3 heteroatoms. The van der Waals surface area contributed by atoms with E-state index in [1.54, 1.807) is 0 Å². The quantitative estimate of drug-likeness (QED) is 0.695. The summed E-state index contributed by atoms with van der Waals surface area (Å²) in [5, 5.41) is 0.925. The maximum absolute atomic E-state index is 12.9. The Morgan fingerprint density at radius 1 is 0.950 bits per heavy atom. The number of carbonyl (C=O) groups excluding carboxylic acids is 1. The van der Waals surface area contributed by atoms with Crippen molar-refractivity contribution in [1.29, 1.82) is 0 Å². The van der Waals surface area contributed by atoms with Gasteiger partial charge in [0.1, 0.15) is 0 Å². The molecule has 3 unspecified atom stereocenters. The zero-order chi connectivity index (χ0) is 13.9. The van der Waals surface area contributed by atoms with Gasteiger partial charge in [0.05, 0.1) is 0 Å². The second-order valence-electron chi connectivity index (χ2n) is 7.12. The Kier molecular flexibility index (Phi) is 5.06. The van der Waals surface area contributed by atoms with Crippen LogP contribution in [0.4, 0.5) is 0 Å². The van der Waals surface area contributed by atoms with E-state index < -0.39 is 0 Å². The van der Waals surface area contributed by atoms with Crippen LogP contribution in [0.15, 0.2) is 0 Å². The fourth-order valence-electron chi connectivity index (χ4n) is 4.59. The number of carbonyl (C=O) groups is 1. The van der Waals surface area contributed by atoms with Crippen molar-refractivity contribution >= 4 is 21.8 Å². The van der Waals surface area contributed by atoms with Crippen molar-refractivity contribution in [3.05, 3.63) is 0 Å². The van der Waals surface area contributed by atoms with Crippen LogP contribution in [0.1, 0.15) is 64.2 Å². The molecule has 2 nitrogen and oxygen atoms in total. The highest BCUT2D eigenvalue weighted by atomic mass is 79.9. The molecule has 0 heterocycles. The van der Waals surface area contributed by atoms with Crippen LogP contribution in [0.2, 0.25) is 0 Å². The molecule has 3 rings (SSSR count). The van der Waals surface area contributed by atoms with Gasteiger partial charge < -0.3 is 4.90 Å². The third-order valence-corrected chi connectivity index (χ3v) is 6.37. The first-order valence-electron chi connectivity index (χ1n) is 8.66. The van der Waals surface area contributed by atoms with Gasteiger partial charge in [-0.3, -0.25) is 4.79 Å². The first kappa shape index (κ1) is 14.9. The zero-order valence-corrected chi connectivity index (χ0v) is 14.1. The fraction of sp³-hybridized carbons (Fsp3) is 0.941. The second kappa shape index (κ2) is 6.81. The molecule has 114 valence electrons. The van der Waals surface area contributed by atoms with Crippen LogP contribution >= 0.6 is 15.9 Å². The third-order valence-electron chi connectivity index (χ3n) is 6.01. The second-order valence-corrected chi connectivity index (χ2v) is 7.91. The summed E-state index contributed by atoms with van der Waals surface area (Å²) >= 11 is 3.53. The molecule has 0 aromatic carbocycles. The highest BCUT2D eigenvalue weighted by molar-refractivity contribution is 9.09. The average Bonchev–Trinajstić information content (AvgIpc) is 2.43. The van der Waals surface area contributed by atoms with Crippen molar-refractivity contribution in [3.8, 4) is 0 Å². The molecule has 3 atom stereocenters. The van der Waals surface area contributed by atoms with E-state index in [0.717, 1.165) is 30.1 Å². The van der Waals surface area contributed by atoms with Crippen molar-refractivity contribution in [3.63, 3.8) is 0 Å². The van der Waals surface area contributed by atoms with Gasteiger partial charge >= 0.3 is 0 Å². The summed E-state index contributed by atoms with van der Waals surface area (Å²) in [6, 6.07) is 0.559. The molecule has 3 fully saturated rings. The first-order valence-corrected chi connectivity index (χ1v) is 9.78. The van der Waals surface area contributed by atoms with Crippen LogP contribution in [-0.4, -0.2) is 28.7 Å². The molecule has 1 amide bonds. The van der Waals surface area contributed by atoms with Gasteiger partial charge in [-0.2, -0.15) is 0 Å². The maximum Gasteiger partial charge on any atom is 0.225 e. The number of alkyl halides is 1. The van der Waals surface area contributed by atoms with Crippen molar-refractivity contribution in [1.82, 2.24) is 4.90 Å². The Hall–Kier alpha value is -0.0500. The van der Waals surface area contributed by atoms with Crippen LogP contribution in [-0.2, 0) is 4.79 Å². The largest absolute Gasteiger partial charge is 0.339 e. The van der Waals surface area contributed by atoms with E-state index in [-0.39, 0.29) is 0 Å². The van der Waals surface area contributed by atoms with Crippen LogP contribution in [0.3, 0.4) is 0 Å². The van der Waals surface area contributed by atoms with E-state index in [1.165, 1.54) is 57.8 Å². The predicted molar refractivity (Wildman–Crippen MR) is 85.9 cm³/mol. The number of rotatable bonds is 4. The molecule has 0 aromatic heterocycles. The minimum absolute atomic E-state index is 0.342. The molecular formula is C17H28BrNO. The van der Waals surface area contributed by atoms with E-state index >= 15 is 0 Å². The molecule has 0 spiro atoms. The monoisotopic (exact) mass is 341 g/mol. The van der Waals surface area contributed by atoms with Gasteiger partial charge in [0, 0.05) is 23.8 Å². The summed E-state index contributed by atoms with van der Waals surface area (Å²) < 4.78 is 0. The highest BCUT2D eigenvalue weighted by Crippen LogP contribution is 2.43. The van der Waals surface area contributed by atoms with Crippen LogP contribution in [0.25, 0.3) is 0 Å². The van der Waals surface area contributed by atoms with Gasteiger partial charge in [0.25, 0.3) is 0 Å². The summed E-state index contributed by atoms with van der Waals surface area (Å²) in [6.45, 7) is 0.911. The fourth-order valence-corrected chi connectivity index (χ4v) is 4.98. The van der Waals surface area contributed by atoms with E-state index in [1.807, 2.05) is 0 Å². The smallest absolute Gasteiger partial charge is 0.225 e. The lowest BCUT2D eigenvalue weighted by Gasteiger charge is -2.43. The zero-order valence-electron chi connectivity index (χ0n) is 12.5. The van der Waals surface area contributed by atoms with E-state index in [9.17, 15) is 4.79 Å². The van der Waals surface area contributed by atoms with Crippen molar-refractivity contribution < 1.29 is 4.79 Å². The summed E-state index contributed by atoms with van der Waals surface area (Å²) in [4.78, 5) is 15.1. The van der Waals surface area contributed by atoms with Gasteiger partial charge in [0.2, 0.25) is 5.91 Å². The molecule has 0 saturated heterocycles. The molecule has 0 aromatic rings. The number of hydrogen-bond donors (Lipinski definition) is 0. The number of hydrogen-bond acceptors (Lipinski definition) is 1. The van der Waals surface area contributed by atoms with Gasteiger partial charge in [-0.1, -0.05) is 41.6 Å². The lowest BCUT2D eigenvalue weighted by atomic mass is 9.67. The minimum atomic E-state index is 0.342. The van der Waals surface area contributed by atoms with Gasteiger partial charge in [-0.05, 0) is 50.4 Å². The lowest BCUT2D eigenvalue weighted by Crippen LogP contribution is -2.49. The molecule has 20 heavy (non-hydrogen) atoms. The molecule has 0 N–H and O–H groups in total. The van der Waals surface area contributed by atoms with Gasteiger partial charge in [-0.15, -0.1) is 0 Å². The van der Waals surface area contributed by atoms with Crippen LogP contribution in [0, 0.1) is 17.8 Å². The third kappa shape index (κ3) is 3.08. The summed E-state index contributed by atoms with van der Waals surface area (Å²) in [5.74, 6) is 2.63. The van der Waals surface area contributed by atoms with E-state index in [2.05, 4.69) is 20.8 Å². The van der Waals surface area contributed by atoms with Gasteiger partial charge in [0.15, 0.2) is 0 Å². The summed E-state index contributed by atoms with van der Waals surface area (Å²) in [7, 11) is 0. The van der Waals surface area contributed by atoms with E-state index in [0.29, 0.717) is 17.9 Å². The lowest BCUT2D eigenvalue weighted by molar-refractivity contribution is -0.141. The average molecular weight is 342 g/mol. The molecule has 3 aliphatic carbocycles. The molecule has 0 radical (unpaired) electrons. The molecular weight excluding hydrogens is 314 g/mol. The number of nitrogens with zero attached hydrogens (tertiary/aromatic N) is 1. The predicted octanol–water partition coefficient (Wildman–Crippen LogP) is 4.37. The van der Waals surface area contributed by atoms with Crippen molar-refractivity contribution in [2.24, 2.45) is 17.8 Å². The van der Waals surface area contributed by atoms with Crippen LogP contribution in [0.5, 0.6) is 0 Å². The molecule has 3 aliphatic rings. The Labute approximate surface area is 131 Å². The maximum atomic E-state index is 12.9. The SMILES string of the molecule is O=C(C1CCC2CCCCC2C1)N(CCBr)C1CCC1. The standard InChI is InChI=1S/C17H28BrNO/c18-10-11-19(16-6-3-7-16)17(20)15-9-8-13-4-1-2-5-14(13)12-15/h13-16H,1-12H2. The van der Waals surface area contributed by atoms with Crippen molar-refractivity contribution in [2.45, 2.75) is 70.3 Å². The van der Waals surface area contributed by atoms with Gasteiger partial charge in [-0.25, -0.2) is 0 Å². The molecule has 0 bridgehead atoms. The Balaban J connectivity index is 1.60. The first-order chi connectivity index (χ1) is 9.79. The normalized spacial score (nSPS) is 34.1. The highest BCUT2D eigenvalue weighted by Gasteiger charge is 2.38. The number of amides is 1. The molecule has 3 saturated carbocycles. The van der Waals surface area contributed by atoms with Crippen molar-refractivity contribution in [2.75, 3.05) is 11.9 Å². The number of halogens is 1. The Morgan fingerprint density at radius 3 is 2.35 bits per heavy atom. The van der Waals surface area contributed by atoms with Crippen LogP contribution < -0.4 is 0 Å². The summed E-state index contributed by atoms with van der Waals surface area (Å²) in [5.41, 5.74) is 0. The Bertz CT molecular complexity index is 342. The topological polar surface area (TPSA) is 20.3 Å². The Morgan fingerprint density at radius 2 is 1.70 bits per heavy atom. The number of fused-ring (bicyclic) bond motifs is 1. The van der Waals surface area contributed by atoms with E-state index in [4.69, 9.17) is 0 Å². The molecule has 0 aliphatic heterocycles.